The van der Waals surface area contributed by atoms with Gasteiger partial charge in [-0.1, -0.05) is 44.3 Å². The lowest BCUT2D eigenvalue weighted by atomic mass is 10.1. The molecule has 1 aromatic carbocycles. The number of hydrogen-bond acceptors (Lipinski definition) is 3. The maximum atomic E-state index is 5.90. The summed E-state index contributed by atoms with van der Waals surface area (Å²) in [5.41, 5.74) is 7.35. The van der Waals surface area contributed by atoms with Crippen molar-refractivity contribution in [1.29, 1.82) is 0 Å². The summed E-state index contributed by atoms with van der Waals surface area (Å²) in [6.45, 7) is 6.23. The van der Waals surface area contributed by atoms with Crippen LogP contribution in [0.1, 0.15) is 26.3 Å². The Morgan fingerprint density at radius 1 is 1.26 bits per heavy atom. The number of thiocarbonyl (C=S) groups is 1. The van der Waals surface area contributed by atoms with Crippen LogP contribution < -0.4 is 10.5 Å². The van der Waals surface area contributed by atoms with Crippen LogP contribution in [0.2, 0.25) is 0 Å². The van der Waals surface area contributed by atoms with Gasteiger partial charge in [0.15, 0.2) is 0 Å². The molecule has 1 heterocycles. The second-order valence-corrected chi connectivity index (χ2v) is 5.40. The van der Waals surface area contributed by atoms with E-state index in [0.717, 1.165) is 10.9 Å². The number of fused-ring (bicyclic) bond motifs is 1. The van der Waals surface area contributed by atoms with Crippen molar-refractivity contribution in [3.8, 4) is 5.88 Å². The topological polar surface area (TPSA) is 48.1 Å². The lowest BCUT2D eigenvalue weighted by Crippen LogP contribution is -2.22. The lowest BCUT2D eigenvalue weighted by molar-refractivity contribution is 0.163. The van der Waals surface area contributed by atoms with Gasteiger partial charge in [-0.05, 0) is 25.0 Å². The summed E-state index contributed by atoms with van der Waals surface area (Å²) >= 11 is 5.09. The van der Waals surface area contributed by atoms with Crippen LogP contribution in [0.4, 0.5) is 0 Å². The standard InChI is InChI=1S/C15H18N2OS/c1-9(2)10(3)18-15-12(14(16)19)8-11-6-4-5-7-13(11)17-15/h4-10H,1-3H3,(H2,16,19). The second kappa shape index (κ2) is 5.53. The van der Waals surface area contributed by atoms with Crippen LogP contribution in [-0.2, 0) is 0 Å². The molecule has 2 rings (SSSR count). The van der Waals surface area contributed by atoms with Crippen LogP contribution in [0.5, 0.6) is 5.88 Å². The maximum Gasteiger partial charge on any atom is 0.224 e. The Bertz CT molecular complexity index is 610. The van der Waals surface area contributed by atoms with Crippen molar-refractivity contribution >= 4 is 28.1 Å². The van der Waals surface area contributed by atoms with Gasteiger partial charge in [-0.2, -0.15) is 0 Å². The molecule has 0 fully saturated rings. The van der Waals surface area contributed by atoms with E-state index in [1.165, 1.54) is 0 Å². The van der Waals surface area contributed by atoms with Crippen molar-refractivity contribution in [2.75, 3.05) is 0 Å². The molecule has 0 radical (unpaired) electrons. The average molecular weight is 274 g/mol. The molecule has 0 aliphatic heterocycles. The molecule has 2 N–H and O–H groups in total. The molecule has 4 heteroatoms. The number of ether oxygens (including phenoxy) is 1. The fourth-order valence-corrected chi connectivity index (χ4v) is 1.82. The first-order valence-corrected chi connectivity index (χ1v) is 6.76. The minimum absolute atomic E-state index is 0.0572. The molecule has 0 aliphatic rings. The van der Waals surface area contributed by atoms with Gasteiger partial charge in [0.2, 0.25) is 5.88 Å². The smallest absolute Gasteiger partial charge is 0.224 e. The van der Waals surface area contributed by atoms with Crippen molar-refractivity contribution in [2.45, 2.75) is 26.9 Å². The molecule has 0 spiro atoms. The minimum atomic E-state index is 0.0572. The molecule has 19 heavy (non-hydrogen) atoms. The number of aromatic nitrogens is 1. The number of para-hydroxylation sites is 1. The van der Waals surface area contributed by atoms with E-state index in [1.54, 1.807) is 0 Å². The Morgan fingerprint density at radius 3 is 2.58 bits per heavy atom. The molecule has 3 nitrogen and oxygen atoms in total. The van der Waals surface area contributed by atoms with E-state index in [0.29, 0.717) is 22.3 Å². The lowest BCUT2D eigenvalue weighted by Gasteiger charge is -2.19. The Hall–Kier alpha value is -1.68. The van der Waals surface area contributed by atoms with E-state index >= 15 is 0 Å². The maximum absolute atomic E-state index is 5.90. The molecule has 2 aromatic rings. The normalized spacial score (nSPS) is 12.6. The fraction of sp³-hybridized carbons (Fsp3) is 0.333. The van der Waals surface area contributed by atoms with Crippen LogP contribution in [0.25, 0.3) is 10.9 Å². The molecule has 1 aromatic heterocycles. The quantitative estimate of drug-likeness (QED) is 0.869. The van der Waals surface area contributed by atoms with Gasteiger partial charge in [-0.25, -0.2) is 4.98 Å². The van der Waals surface area contributed by atoms with E-state index in [9.17, 15) is 0 Å². The summed E-state index contributed by atoms with van der Waals surface area (Å²) in [5, 5.41) is 1.01. The Labute approximate surface area is 118 Å². The first-order chi connectivity index (χ1) is 8.99. The van der Waals surface area contributed by atoms with E-state index in [2.05, 4.69) is 18.8 Å². The highest BCUT2D eigenvalue weighted by molar-refractivity contribution is 7.80. The van der Waals surface area contributed by atoms with Crippen molar-refractivity contribution in [1.82, 2.24) is 4.98 Å². The van der Waals surface area contributed by atoms with Gasteiger partial charge < -0.3 is 10.5 Å². The Morgan fingerprint density at radius 2 is 1.95 bits per heavy atom. The minimum Gasteiger partial charge on any atom is -0.474 e. The van der Waals surface area contributed by atoms with E-state index in [4.69, 9.17) is 22.7 Å². The van der Waals surface area contributed by atoms with Crippen LogP contribution >= 0.6 is 12.2 Å². The van der Waals surface area contributed by atoms with Crippen molar-refractivity contribution in [3.05, 3.63) is 35.9 Å². The summed E-state index contributed by atoms with van der Waals surface area (Å²) in [5.74, 6) is 0.917. The zero-order valence-corrected chi connectivity index (χ0v) is 12.2. The largest absolute Gasteiger partial charge is 0.474 e. The summed E-state index contributed by atoms with van der Waals surface area (Å²) in [7, 11) is 0. The van der Waals surface area contributed by atoms with E-state index in [1.807, 2.05) is 37.3 Å². The van der Waals surface area contributed by atoms with Crippen LogP contribution in [-0.4, -0.2) is 16.1 Å². The molecule has 1 unspecified atom stereocenters. The number of nitrogens with zero attached hydrogens (tertiary/aromatic N) is 1. The Balaban J connectivity index is 2.50. The Kier molecular flexibility index (Phi) is 4.00. The third-order valence-electron chi connectivity index (χ3n) is 3.19. The summed E-state index contributed by atoms with van der Waals surface area (Å²) < 4.78 is 5.90. The van der Waals surface area contributed by atoms with Crippen molar-refractivity contribution < 1.29 is 4.74 Å². The van der Waals surface area contributed by atoms with Crippen molar-refractivity contribution in [3.63, 3.8) is 0 Å². The molecule has 0 bridgehead atoms. The SMILES string of the molecule is CC(C)C(C)Oc1nc2ccccc2cc1C(N)=S. The molecular formula is C15H18N2OS. The van der Waals surface area contributed by atoms with E-state index < -0.39 is 0 Å². The van der Waals surface area contributed by atoms with Gasteiger partial charge >= 0.3 is 0 Å². The molecule has 1 atom stereocenters. The average Bonchev–Trinajstić information content (AvgIpc) is 2.37. The number of pyridine rings is 1. The molecule has 100 valence electrons. The van der Waals surface area contributed by atoms with Crippen molar-refractivity contribution in [2.24, 2.45) is 11.7 Å². The summed E-state index contributed by atoms with van der Waals surface area (Å²) in [6, 6.07) is 9.79. The molecule has 0 saturated carbocycles. The van der Waals surface area contributed by atoms with Gasteiger partial charge in [0.1, 0.15) is 4.99 Å². The number of hydrogen-bond donors (Lipinski definition) is 1. The van der Waals surface area contributed by atoms with Gasteiger partial charge in [-0.15, -0.1) is 0 Å². The third kappa shape index (κ3) is 3.01. The van der Waals surface area contributed by atoms with Gasteiger partial charge in [0.25, 0.3) is 0 Å². The third-order valence-corrected chi connectivity index (χ3v) is 3.41. The molecule has 0 saturated heterocycles. The molecular weight excluding hydrogens is 256 g/mol. The first kappa shape index (κ1) is 13.7. The predicted octanol–water partition coefficient (Wildman–Crippen LogP) is 3.29. The van der Waals surface area contributed by atoms with Gasteiger partial charge in [0, 0.05) is 5.39 Å². The summed E-state index contributed by atoms with van der Waals surface area (Å²) in [6.07, 6.45) is 0.0572. The summed E-state index contributed by atoms with van der Waals surface area (Å²) in [4.78, 5) is 4.84. The highest BCUT2D eigenvalue weighted by atomic mass is 32.1. The number of nitrogens with two attached hydrogens (primary N) is 1. The highest BCUT2D eigenvalue weighted by Crippen LogP contribution is 2.24. The number of rotatable bonds is 4. The van der Waals surface area contributed by atoms with Crippen LogP contribution in [0, 0.1) is 5.92 Å². The fourth-order valence-electron chi connectivity index (χ4n) is 1.68. The predicted molar refractivity (Wildman–Crippen MR) is 82.6 cm³/mol. The highest BCUT2D eigenvalue weighted by Gasteiger charge is 2.15. The second-order valence-electron chi connectivity index (χ2n) is 4.97. The zero-order valence-electron chi connectivity index (χ0n) is 11.4. The van der Waals surface area contributed by atoms with Gasteiger partial charge in [-0.3, -0.25) is 0 Å². The number of benzene rings is 1. The molecule has 0 amide bonds. The first-order valence-electron chi connectivity index (χ1n) is 6.35. The van der Waals surface area contributed by atoms with E-state index in [-0.39, 0.29) is 6.10 Å². The monoisotopic (exact) mass is 274 g/mol. The van der Waals surface area contributed by atoms with Crippen LogP contribution in [0.15, 0.2) is 30.3 Å². The zero-order chi connectivity index (χ0) is 14.0. The van der Waals surface area contributed by atoms with Gasteiger partial charge in [0.05, 0.1) is 17.2 Å². The molecule has 0 aliphatic carbocycles. The van der Waals surface area contributed by atoms with Crippen LogP contribution in [0.3, 0.4) is 0 Å².